The highest BCUT2D eigenvalue weighted by Gasteiger charge is 2.31. The molecular weight excluding hydrogens is 376 g/mol. The van der Waals surface area contributed by atoms with Crippen LogP contribution in [0.2, 0.25) is 0 Å². The van der Waals surface area contributed by atoms with Gasteiger partial charge in [0.05, 0.1) is 4.90 Å². The largest absolute Gasteiger partial charge is 0.335 e. The first-order chi connectivity index (χ1) is 13.2. The minimum atomic E-state index is -3.55. The fourth-order valence-corrected chi connectivity index (χ4v) is 4.84. The molecule has 7 nitrogen and oxygen atoms in total. The molecule has 0 bridgehead atoms. The fourth-order valence-electron chi connectivity index (χ4n) is 3.33. The summed E-state index contributed by atoms with van der Waals surface area (Å²) in [6.45, 7) is 9.36. The van der Waals surface area contributed by atoms with E-state index in [-0.39, 0.29) is 19.0 Å². The number of aromatic nitrogens is 2. The number of piperazine rings is 1. The van der Waals surface area contributed by atoms with E-state index >= 15 is 0 Å². The van der Waals surface area contributed by atoms with Gasteiger partial charge in [-0.2, -0.15) is 9.40 Å². The highest BCUT2D eigenvalue weighted by atomic mass is 32.2. The number of nitrogens with one attached hydrogen (secondary N) is 1. The van der Waals surface area contributed by atoms with Crippen LogP contribution in [0.15, 0.2) is 29.2 Å². The number of carbonyl (C=O) groups excluding carboxylic acids is 1. The lowest BCUT2D eigenvalue weighted by atomic mass is 10.1. The standard InChI is InChI=1S/C20H28N4O3S/c1-14(2)11-17-13-19(22-21-17)20(25)23-7-9-24(10-8-23)28(26,27)18-6-5-15(3)16(4)12-18/h5-6,12-14H,7-11H2,1-4H3,(H,21,22). The second-order valence-corrected chi connectivity index (χ2v) is 9.76. The van der Waals surface area contributed by atoms with Gasteiger partial charge in [0.15, 0.2) is 0 Å². The SMILES string of the molecule is Cc1ccc(S(=O)(=O)N2CCN(C(=O)c3cc(CC(C)C)[nH]n3)CC2)cc1C. The third-order valence-electron chi connectivity index (χ3n) is 5.12. The monoisotopic (exact) mass is 404 g/mol. The van der Waals surface area contributed by atoms with Crippen molar-refractivity contribution in [1.29, 1.82) is 0 Å². The van der Waals surface area contributed by atoms with Crippen molar-refractivity contribution in [3.8, 4) is 0 Å². The Kier molecular flexibility index (Phi) is 5.90. The lowest BCUT2D eigenvalue weighted by molar-refractivity contribution is 0.0692. The second kappa shape index (κ2) is 8.05. The molecule has 0 saturated carbocycles. The summed E-state index contributed by atoms with van der Waals surface area (Å²) in [6.07, 6.45) is 0.836. The summed E-state index contributed by atoms with van der Waals surface area (Å²) < 4.78 is 27.3. The molecule has 28 heavy (non-hydrogen) atoms. The lowest BCUT2D eigenvalue weighted by Crippen LogP contribution is -2.50. The summed E-state index contributed by atoms with van der Waals surface area (Å²) in [6, 6.07) is 6.98. The number of benzene rings is 1. The highest BCUT2D eigenvalue weighted by molar-refractivity contribution is 7.89. The van der Waals surface area contributed by atoms with Crippen molar-refractivity contribution in [2.24, 2.45) is 5.92 Å². The van der Waals surface area contributed by atoms with Crippen LogP contribution in [0.5, 0.6) is 0 Å². The average molecular weight is 405 g/mol. The van der Waals surface area contributed by atoms with E-state index in [9.17, 15) is 13.2 Å². The third-order valence-corrected chi connectivity index (χ3v) is 7.01. The normalized spacial score (nSPS) is 16.0. The van der Waals surface area contributed by atoms with Gasteiger partial charge in [0, 0.05) is 31.9 Å². The molecule has 0 radical (unpaired) electrons. The first kappa shape index (κ1) is 20.5. The first-order valence-corrected chi connectivity index (χ1v) is 11.0. The van der Waals surface area contributed by atoms with Crippen molar-refractivity contribution in [2.45, 2.75) is 39.0 Å². The minimum absolute atomic E-state index is 0.158. The van der Waals surface area contributed by atoms with Gasteiger partial charge in [0.2, 0.25) is 10.0 Å². The molecule has 8 heteroatoms. The van der Waals surface area contributed by atoms with E-state index in [1.54, 1.807) is 23.1 Å². The van der Waals surface area contributed by atoms with E-state index in [4.69, 9.17) is 0 Å². The average Bonchev–Trinajstić information content (AvgIpc) is 3.11. The van der Waals surface area contributed by atoms with Gasteiger partial charge in [-0.15, -0.1) is 0 Å². The zero-order chi connectivity index (χ0) is 20.5. The van der Waals surface area contributed by atoms with Gasteiger partial charge in [-0.1, -0.05) is 19.9 Å². The minimum Gasteiger partial charge on any atom is -0.335 e. The number of amides is 1. The van der Waals surface area contributed by atoms with Gasteiger partial charge in [-0.05, 0) is 55.5 Å². The smallest absolute Gasteiger partial charge is 0.274 e. The number of hydrogen-bond acceptors (Lipinski definition) is 4. The molecule has 1 saturated heterocycles. The van der Waals surface area contributed by atoms with Crippen LogP contribution in [0.1, 0.15) is 41.2 Å². The van der Waals surface area contributed by atoms with Gasteiger partial charge in [0.25, 0.3) is 5.91 Å². The molecule has 152 valence electrons. The van der Waals surface area contributed by atoms with Crippen LogP contribution in [-0.2, 0) is 16.4 Å². The predicted molar refractivity (Wildman–Crippen MR) is 108 cm³/mol. The van der Waals surface area contributed by atoms with E-state index in [0.29, 0.717) is 29.6 Å². The quantitative estimate of drug-likeness (QED) is 0.829. The molecule has 2 heterocycles. The van der Waals surface area contributed by atoms with Crippen LogP contribution in [0.4, 0.5) is 0 Å². The topological polar surface area (TPSA) is 86.4 Å². The Bertz CT molecular complexity index is 958. The summed E-state index contributed by atoms with van der Waals surface area (Å²) in [5.74, 6) is 0.317. The molecule has 1 amide bonds. The highest BCUT2D eigenvalue weighted by Crippen LogP contribution is 2.21. The Balaban J connectivity index is 1.65. The zero-order valence-corrected chi connectivity index (χ0v) is 17.7. The summed E-state index contributed by atoms with van der Waals surface area (Å²) in [5.41, 5.74) is 3.34. The number of rotatable bonds is 5. The number of hydrogen-bond donors (Lipinski definition) is 1. The Morgan fingerprint density at radius 2 is 1.79 bits per heavy atom. The third kappa shape index (κ3) is 4.28. The lowest BCUT2D eigenvalue weighted by Gasteiger charge is -2.33. The molecule has 1 aliphatic heterocycles. The Labute approximate surface area is 166 Å². The zero-order valence-electron chi connectivity index (χ0n) is 16.9. The van der Waals surface area contributed by atoms with Crippen LogP contribution in [0.3, 0.4) is 0 Å². The Morgan fingerprint density at radius 3 is 2.39 bits per heavy atom. The predicted octanol–water partition coefficient (Wildman–Crippen LogP) is 2.37. The van der Waals surface area contributed by atoms with Gasteiger partial charge in [-0.25, -0.2) is 8.42 Å². The molecule has 1 fully saturated rings. The first-order valence-electron chi connectivity index (χ1n) is 9.59. The second-order valence-electron chi connectivity index (χ2n) is 7.82. The number of H-pyrrole nitrogens is 1. The van der Waals surface area contributed by atoms with Gasteiger partial charge >= 0.3 is 0 Å². The molecule has 1 aromatic heterocycles. The fraction of sp³-hybridized carbons (Fsp3) is 0.500. The van der Waals surface area contributed by atoms with Gasteiger partial charge < -0.3 is 4.90 Å². The molecule has 1 aromatic carbocycles. The van der Waals surface area contributed by atoms with Crippen molar-refractivity contribution < 1.29 is 13.2 Å². The summed E-state index contributed by atoms with van der Waals surface area (Å²) in [4.78, 5) is 14.7. The van der Waals surface area contributed by atoms with Gasteiger partial charge in [-0.3, -0.25) is 9.89 Å². The molecule has 0 aliphatic carbocycles. The maximum absolute atomic E-state index is 12.9. The molecule has 0 spiro atoms. The summed E-state index contributed by atoms with van der Waals surface area (Å²) in [5, 5.41) is 7.05. The Hall–Kier alpha value is -2.19. The maximum atomic E-state index is 12.9. The number of sulfonamides is 1. The van der Waals surface area contributed by atoms with E-state index in [1.165, 1.54) is 4.31 Å². The molecule has 1 N–H and O–H groups in total. The van der Waals surface area contributed by atoms with Crippen molar-refractivity contribution in [1.82, 2.24) is 19.4 Å². The molecule has 2 aromatic rings. The summed E-state index contributed by atoms with van der Waals surface area (Å²) >= 11 is 0. The number of carbonyl (C=O) groups is 1. The van der Waals surface area contributed by atoms with Crippen molar-refractivity contribution >= 4 is 15.9 Å². The molecule has 0 atom stereocenters. The number of aryl methyl sites for hydroxylation is 2. The van der Waals surface area contributed by atoms with Crippen LogP contribution >= 0.6 is 0 Å². The van der Waals surface area contributed by atoms with E-state index in [0.717, 1.165) is 23.2 Å². The summed E-state index contributed by atoms with van der Waals surface area (Å²) in [7, 11) is -3.55. The van der Waals surface area contributed by atoms with Crippen molar-refractivity contribution in [2.75, 3.05) is 26.2 Å². The molecule has 3 rings (SSSR count). The van der Waals surface area contributed by atoms with Crippen molar-refractivity contribution in [3.05, 3.63) is 46.8 Å². The van der Waals surface area contributed by atoms with E-state index < -0.39 is 10.0 Å². The number of nitrogens with zero attached hydrogens (tertiary/aromatic N) is 3. The van der Waals surface area contributed by atoms with Gasteiger partial charge in [0.1, 0.15) is 5.69 Å². The van der Waals surface area contributed by atoms with Crippen LogP contribution < -0.4 is 0 Å². The van der Waals surface area contributed by atoms with E-state index in [1.807, 2.05) is 19.9 Å². The maximum Gasteiger partial charge on any atom is 0.274 e. The number of aromatic amines is 1. The molecule has 0 unspecified atom stereocenters. The molecule has 1 aliphatic rings. The molecular formula is C20H28N4O3S. The van der Waals surface area contributed by atoms with Crippen LogP contribution in [0, 0.1) is 19.8 Å². The van der Waals surface area contributed by atoms with Crippen LogP contribution in [-0.4, -0.2) is 59.9 Å². The Morgan fingerprint density at radius 1 is 1.11 bits per heavy atom. The van der Waals surface area contributed by atoms with E-state index in [2.05, 4.69) is 24.0 Å². The van der Waals surface area contributed by atoms with Crippen LogP contribution in [0.25, 0.3) is 0 Å². The van der Waals surface area contributed by atoms with Crippen molar-refractivity contribution in [3.63, 3.8) is 0 Å².